The first-order chi connectivity index (χ1) is 8.59. The van der Waals surface area contributed by atoms with E-state index in [2.05, 4.69) is 0 Å². The molecule has 1 saturated heterocycles. The number of aliphatic hydroxyl groups excluding tert-OH is 1. The number of benzene rings is 1. The molecule has 1 aromatic rings. The van der Waals surface area contributed by atoms with Crippen LogP contribution in [0.1, 0.15) is 18.4 Å². The SMILES string of the molecule is O=[N+]([O-])c1ccc(C2(CO)CCOCC2)c(O)c1. The first-order valence-corrected chi connectivity index (χ1v) is 5.75. The number of aromatic hydroxyl groups is 1. The average molecular weight is 253 g/mol. The molecule has 1 aliphatic rings. The minimum atomic E-state index is -0.558. The van der Waals surface area contributed by atoms with Crippen LogP contribution in [0.5, 0.6) is 5.75 Å². The number of nitro groups is 1. The zero-order valence-corrected chi connectivity index (χ0v) is 9.83. The van der Waals surface area contributed by atoms with Gasteiger partial charge in [0.05, 0.1) is 17.6 Å². The fourth-order valence-electron chi connectivity index (χ4n) is 2.36. The van der Waals surface area contributed by atoms with E-state index in [1.165, 1.54) is 12.1 Å². The molecule has 1 fully saturated rings. The monoisotopic (exact) mass is 253 g/mol. The van der Waals surface area contributed by atoms with Crippen molar-refractivity contribution in [2.75, 3.05) is 19.8 Å². The van der Waals surface area contributed by atoms with Crippen LogP contribution in [0.25, 0.3) is 0 Å². The van der Waals surface area contributed by atoms with E-state index in [4.69, 9.17) is 4.74 Å². The number of nitro benzene ring substituents is 1. The van der Waals surface area contributed by atoms with E-state index in [0.29, 0.717) is 31.6 Å². The first kappa shape index (κ1) is 12.8. The number of aliphatic hydroxyl groups is 1. The second-order valence-electron chi connectivity index (χ2n) is 4.51. The van der Waals surface area contributed by atoms with Gasteiger partial charge in [0.15, 0.2) is 0 Å². The van der Waals surface area contributed by atoms with Crippen LogP contribution in [0.15, 0.2) is 18.2 Å². The average Bonchev–Trinajstić information content (AvgIpc) is 2.39. The molecule has 6 nitrogen and oxygen atoms in total. The van der Waals surface area contributed by atoms with Crippen molar-refractivity contribution in [2.45, 2.75) is 18.3 Å². The highest BCUT2D eigenvalue weighted by Crippen LogP contribution is 2.40. The number of phenols is 1. The van der Waals surface area contributed by atoms with Crippen molar-refractivity contribution in [2.24, 2.45) is 0 Å². The number of phenolic OH excluding ortho intramolecular Hbond substituents is 1. The minimum absolute atomic E-state index is 0.109. The van der Waals surface area contributed by atoms with Gasteiger partial charge in [-0.1, -0.05) is 0 Å². The molecule has 1 aromatic carbocycles. The fourth-order valence-corrected chi connectivity index (χ4v) is 2.36. The third-order valence-corrected chi connectivity index (χ3v) is 3.52. The maximum absolute atomic E-state index is 10.6. The van der Waals surface area contributed by atoms with Crippen LogP contribution < -0.4 is 0 Å². The first-order valence-electron chi connectivity index (χ1n) is 5.75. The van der Waals surface area contributed by atoms with Gasteiger partial charge in [0.2, 0.25) is 0 Å². The van der Waals surface area contributed by atoms with Gasteiger partial charge in [0, 0.05) is 30.3 Å². The van der Waals surface area contributed by atoms with Crippen LogP contribution in [-0.4, -0.2) is 35.0 Å². The molecule has 0 spiro atoms. The molecule has 0 aromatic heterocycles. The highest BCUT2D eigenvalue weighted by molar-refractivity contribution is 5.47. The molecule has 0 radical (unpaired) electrons. The summed E-state index contributed by atoms with van der Waals surface area (Å²) in [5, 5.41) is 30.1. The molecule has 98 valence electrons. The topological polar surface area (TPSA) is 92.8 Å². The Balaban J connectivity index is 2.39. The molecule has 0 aliphatic carbocycles. The summed E-state index contributed by atoms with van der Waals surface area (Å²) in [4.78, 5) is 10.1. The standard InChI is InChI=1S/C12H15NO5/c14-8-12(3-5-18-6-4-12)10-2-1-9(13(16)17)7-11(10)15/h1-2,7,14-15H,3-6,8H2. The van der Waals surface area contributed by atoms with Crippen LogP contribution in [0.4, 0.5) is 5.69 Å². The zero-order valence-electron chi connectivity index (χ0n) is 9.83. The van der Waals surface area contributed by atoms with E-state index in [1.807, 2.05) is 0 Å². The van der Waals surface area contributed by atoms with Crippen LogP contribution in [0.2, 0.25) is 0 Å². The number of ether oxygens (including phenoxy) is 1. The summed E-state index contributed by atoms with van der Waals surface area (Å²) in [6.45, 7) is 0.912. The number of non-ortho nitro benzene ring substituents is 1. The molecular formula is C12H15NO5. The van der Waals surface area contributed by atoms with E-state index >= 15 is 0 Å². The van der Waals surface area contributed by atoms with Gasteiger partial charge in [-0.25, -0.2) is 0 Å². The highest BCUT2D eigenvalue weighted by Gasteiger charge is 2.36. The second-order valence-corrected chi connectivity index (χ2v) is 4.51. The van der Waals surface area contributed by atoms with Crippen molar-refractivity contribution < 1.29 is 19.9 Å². The molecule has 0 atom stereocenters. The second kappa shape index (κ2) is 4.91. The molecule has 0 bridgehead atoms. The van der Waals surface area contributed by atoms with E-state index in [0.717, 1.165) is 6.07 Å². The summed E-state index contributed by atoms with van der Waals surface area (Å²) in [7, 11) is 0. The Kier molecular flexibility index (Phi) is 3.49. The van der Waals surface area contributed by atoms with Crippen molar-refractivity contribution in [3.8, 4) is 5.75 Å². The Bertz CT molecular complexity index is 454. The Hall–Kier alpha value is -1.66. The van der Waals surface area contributed by atoms with Crippen molar-refractivity contribution >= 4 is 5.69 Å². The van der Waals surface area contributed by atoms with Gasteiger partial charge in [0.25, 0.3) is 5.69 Å². The van der Waals surface area contributed by atoms with E-state index in [1.54, 1.807) is 0 Å². The van der Waals surface area contributed by atoms with Crippen LogP contribution in [-0.2, 0) is 10.2 Å². The molecule has 1 aliphatic heterocycles. The van der Waals surface area contributed by atoms with Gasteiger partial charge in [0.1, 0.15) is 5.75 Å². The smallest absolute Gasteiger partial charge is 0.273 e. The van der Waals surface area contributed by atoms with E-state index in [-0.39, 0.29) is 18.0 Å². The Morgan fingerprint density at radius 1 is 1.39 bits per heavy atom. The molecule has 0 amide bonds. The quantitative estimate of drug-likeness (QED) is 0.626. The van der Waals surface area contributed by atoms with Crippen LogP contribution in [0, 0.1) is 10.1 Å². The van der Waals surface area contributed by atoms with Gasteiger partial charge >= 0.3 is 0 Å². The lowest BCUT2D eigenvalue weighted by atomic mass is 9.74. The van der Waals surface area contributed by atoms with Gasteiger partial charge in [-0.2, -0.15) is 0 Å². The van der Waals surface area contributed by atoms with Crippen molar-refractivity contribution in [3.05, 3.63) is 33.9 Å². The fraction of sp³-hybridized carbons (Fsp3) is 0.500. The summed E-state index contributed by atoms with van der Waals surface area (Å²) in [6, 6.07) is 4.00. The van der Waals surface area contributed by atoms with Crippen LogP contribution >= 0.6 is 0 Å². The predicted octanol–water partition coefficient (Wildman–Crippen LogP) is 1.34. The lowest BCUT2D eigenvalue weighted by Gasteiger charge is -2.36. The molecule has 0 saturated carbocycles. The molecule has 2 N–H and O–H groups in total. The molecular weight excluding hydrogens is 238 g/mol. The van der Waals surface area contributed by atoms with Gasteiger partial charge in [-0.05, 0) is 18.9 Å². The number of hydrogen-bond donors (Lipinski definition) is 2. The van der Waals surface area contributed by atoms with Gasteiger partial charge in [-0.15, -0.1) is 0 Å². The summed E-state index contributed by atoms with van der Waals surface area (Å²) < 4.78 is 5.25. The molecule has 18 heavy (non-hydrogen) atoms. The highest BCUT2D eigenvalue weighted by atomic mass is 16.6. The lowest BCUT2D eigenvalue weighted by Crippen LogP contribution is -2.37. The maximum atomic E-state index is 10.6. The van der Waals surface area contributed by atoms with Gasteiger partial charge in [-0.3, -0.25) is 10.1 Å². The zero-order chi connectivity index (χ0) is 13.2. The Morgan fingerprint density at radius 2 is 2.06 bits per heavy atom. The summed E-state index contributed by atoms with van der Waals surface area (Å²) in [5.41, 5.74) is -0.160. The molecule has 1 heterocycles. The summed E-state index contributed by atoms with van der Waals surface area (Å²) in [6.07, 6.45) is 1.18. The number of rotatable bonds is 3. The van der Waals surface area contributed by atoms with E-state index < -0.39 is 10.3 Å². The molecule has 2 rings (SSSR count). The van der Waals surface area contributed by atoms with Crippen molar-refractivity contribution in [1.29, 1.82) is 0 Å². The largest absolute Gasteiger partial charge is 0.507 e. The van der Waals surface area contributed by atoms with Crippen molar-refractivity contribution in [1.82, 2.24) is 0 Å². The van der Waals surface area contributed by atoms with E-state index in [9.17, 15) is 20.3 Å². The third kappa shape index (κ3) is 2.16. The Morgan fingerprint density at radius 3 is 2.56 bits per heavy atom. The lowest BCUT2D eigenvalue weighted by molar-refractivity contribution is -0.385. The summed E-state index contributed by atoms with van der Waals surface area (Å²) in [5.74, 6) is -0.139. The third-order valence-electron chi connectivity index (χ3n) is 3.52. The predicted molar refractivity (Wildman–Crippen MR) is 63.6 cm³/mol. The molecule has 6 heteroatoms. The normalized spacial score (nSPS) is 18.5. The summed E-state index contributed by atoms with van der Waals surface area (Å²) >= 11 is 0. The number of nitrogens with zero attached hydrogens (tertiary/aromatic N) is 1. The number of hydrogen-bond acceptors (Lipinski definition) is 5. The maximum Gasteiger partial charge on any atom is 0.273 e. The minimum Gasteiger partial charge on any atom is -0.507 e. The van der Waals surface area contributed by atoms with Gasteiger partial charge < -0.3 is 14.9 Å². The van der Waals surface area contributed by atoms with Crippen molar-refractivity contribution in [3.63, 3.8) is 0 Å². The van der Waals surface area contributed by atoms with Crippen LogP contribution in [0.3, 0.4) is 0 Å². The Labute approximate surface area is 104 Å². The molecule has 0 unspecified atom stereocenters.